The Morgan fingerprint density at radius 3 is 2.57 bits per heavy atom. The van der Waals surface area contributed by atoms with Crippen molar-refractivity contribution in [3.8, 4) is 0 Å². The molecule has 1 saturated heterocycles. The number of nitrogens with two attached hydrogens (primary N) is 1. The number of hydrogen-bond acceptors (Lipinski definition) is 3. The summed E-state index contributed by atoms with van der Waals surface area (Å²) in [5.74, 6) is 0.288. The maximum absolute atomic E-state index is 13.9. The predicted molar refractivity (Wildman–Crippen MR) is 80.7 cm³/mol. The molecule has 2 unspecified atom stereocenters. The quantitative estimate of drug-likeness (QED) is 0.931. The number of hydrogen-bond donors (Lipinski definition) is 1. The third kappa shape index (κ3) is 3.12. The molecule has 0 aromatic heterocycles. The minimum absolute atomic E-state index is 0.0460. The van der Waals surface area contributed by atoms with Gasteiger partial charge >= 0.3 is 0 Å². The molecule has 2 rings (SSSR count). The first kappa shape index (κ1) is 16.4. The largest absolute Gasteiger partial charge is 0.326 e. The van der Waals surface area contributed by atoms with E-state index >= 15 is 0 Å². The van der Waals surface area contributed by atoms with Crippen LogP contribution in [0.15, 0.2) is 17.0 Å². The molecule has 0 bridgehead atoms. The molecule has 2 N–H and O–H groups in total. The van der Waals surface area contributed by atoms with Gasteiger partial charge in [0.25, 0.3) is 0 Å². The van der Waals surface area contributed by atoms with Gasteiger partial charge in [-0.15, -0.1) is 0 Å². The SMILES string of the molecule is Cc1c(F)cc(CN)cc1S(=O)(=O)N1CCC(C)C(C)C1. The van der Waals surface area contributed by atoms with E-state index in [-0.39, 0.29) is 17.0 Å². The molecule has 118 valence electrons. The molecule has 1 aromatic carbocycles. The zero-order valence-electron chi connectivity index (χ0n) is 12.8. The summed E-state index contributed by atoms with van der Waals surface area (Å²) >= 11 is 0. The van der Waals surface area contributed by atoms with Gasteiger partial charge in [0, 0.05) is 25.2 Å². The third-order valence-electron chi connectivity index (χ3n) is 4.51. The molecule has 1 fully saturated rings. The van der Waals surface area contributed by atoms with Crippen molar-refractivity contribution < 1.29 is 12.8 Å². The lowest BCUT2D eigenvalue weighted by atomic mass is 9.90. The molecule has 0 aliphatic carbocycles. The van der Waals surface area contributed by atoms with Crippen molar-refractivity contribution in [1.82, 2.24) is 4.31 Å². The second kappa shape index (κ2) is 6.02. The fraction of sp³-hybridized carbons (Fsp3) is 0.600. The summed E-state index contributed by atoms with van der Waals surface area (Å²) in [6.07, 6.45) is 0.832. The summed E-state index contributed by atoms with van der Waals surface area (Å²) in [6.45, 7) is 6.77. The van der Waals surface area contributed by atoms with Crippen LogP contribution in [0, 0.1) is 24.6 Å². The standard InChI is InChI=1S/C15H23FN2O2S/c1-10-4-5-18(9-11(10)2)21(19,20)15-7-13(8-17)6-14(16)12(15)3/h6-7,10-11H,4-5,8-9,17H2,1-3H3. The molecule has 1 heterocycles. The zero-order chi connectivity index (χ0) is 15.8. The average Bonchev–Trinajstić information content (AvgIpc) is 2.44. The van der Waals surface area contributed by atoms with Crippen molar-refractivity contribution in [2.75, 3.05) is 13.1 Å². The van der Waals surface area contributed by atoms with Gasteiger partial charge in [-0.3, -0.25) is 0 Å². The maximum Gasteiger partial charge on any atom is 0.243 e. The second-order valence-corrected chi connectivity index (χ2v) is 7.92. The maximum atomic E-state index is 13.9. The Labute approximate surface area is 126 Å². The van der Waals surface area contributed by atoms with Crippen LogP contribution in [0.1, 0.15) is 31.4 Å². The second-order valence-electron chi connectivity index (χ2n) is 6.01. The Hall–Kier alpha value is -0.980. The molecular weight excluding hydrogens is 291 g/mol. The summed E-state index contributed by atoms with van der Waals surface area (Å²) < 4.78 is 41.0. The first-order valence-corrected chi connectivity index (χ1v) is 8.70. The number of piperidine rings is 1. The lowest BCUT2D eigenvalue weighted by molar-refractivity contribution is 0.212. The molecule has 0 saturated carbocycles. The van der Waals surface area contributed by atoms with E-state index in [0.29, 0.717) is 30.5 Å². The highest BCUT2D eigenvalue weighted by Crippen LogP contribution is 2.29. The van der Waals surface area contributed by atoms with Crippen molar-refractivity contribution in [1.29, 1.82) is 0 Å². The van der Waals surface area contributed by atoms with Crippen LogP contribution >= 0.6 is 0 Å². The van der Waals surface area contributed by atoms with Gasteiger partial charge in [0.2, 0.25) is 10.0 Å². The van der Waals surface area contributed by atoms with Gasteiger partial charge in [0.05, 0.1) is 4.90 Å². The molecule has 21 heavy (non-hydrogen) atoms. The first-order valence-electron chi connectivity index (χ1n) is 7.26. The molecule has 1 aliphatic rings. The Morgan fingerprint density at radius 2 is 2.00 bits per heavy atom. The van der Waals surface area contributed by atoms with Crippen LogP contribution in [0.4, 0.5) is 4.39 Å². The van der Waals surface area contributed by atoms with Crippen molar-refractivity contribution >= 4 is 10.0 Å². The van der Waals surface area contributed by atoms with Gasteiger partial charge in [-0.2, -0.15) is 4.31 Å². The molecular formula is C15H23FN2O2S. The predicted octanol–water partition coefficient (Wildman–Crippen LogP) is 2.26. The molecule has 4 nitrogen and oxygen atoms in total. The van der Waals surface area contributed by atoms with Crippen LogP contribution in [0.25, 0.3) is 0 Å². The summed E-state index contributed by atoms with van der Waals surface area (Å²) in [7, 11) is -3.67. The van der Waals surface area contributed by atoms with E-state index in [2.05, 4.69) is 13.8 Å². The lowest BCUT2D eigenvalue weighted by Crippen LogP contribution is -2.42. The van der Waals surface area contributed by atoms with Crippen molar-refractivity contribution in [2.45, 2.75) is 38.6 Å². The van der Waals surface area contributed by atoms with Gasteiger partial charge in [-0.1, -0.05) is 13.8 Å². The van der Waals surface area contributed by atoms with E-state index in [1.54, 1.807) is 0 Å². The van der Waals surface area contributed by atoms with Crippen molar-refractivity contribution in [2.24, 2.45) is 17.6 Å². The van der Waals surface area contributed by atoms with Gasteiger partial charge in [-0.25, -0.2) is 12.8 Å². The number of benzene rings is 1. The van der Waals surface area contributed by atoms with Crippen LogP contribution in [0.3, 0.4) is 0 Å². The average molecular weight is 314 g/mol. The minimum Gasteiger partial charge on any atom is -0.326 e. The Bertz CT molecular complexity index is 631. The fourth-order valence-corrected chi connectivity index (χ4v) is 4.51. The Balaban J connectivity index is 2.42. The van der Waals surface area contributed by atoms with E-state index in [0.717, 1.165) is 6.42 Å². The van der Waals surface area contributed by atoms with E-state index in [9.17, 15) is 12.8 Å². The van der Waals surface area contributed by atoms with Crippen LogP contribution in [-0.2, 0) is 16.6 Å². The van der Waals surface area contributed by atoms with Gasteiger partial charge < -0.3 is 5.73 Å². The van der Waals surface area contributed by atoms with Crippen LogP contribution in [-0.4, -0.2) is 25.8 Å². The number of halogens is 1. The molecule has 0 amide bonds. The van der Waals surface area contributed by atoms with Crippen molar-refractivity contribution in [3.05, 3.63) is 29.1 Å². The molecule has 6 heteroatoms. The van der Waals surface area contributed by atoms with Crippen LogP contribution in [0.5, 0.6) is 0 Å². The smallest absolute Gasteiger partial charge is 0.243 e. The highest BCUT2D eigenvalue weighted by atomic mass is 32.2. The van der Waals surface area contributed by atoms with Crippen LogP contribution < -0.4 is 5.73 Å². The fourth-order valence-electron chi connectivity index (χ4n) is 2.67. The number of rotatable bonds is 3. The summed E-state index contributed by atoms with van der Waals surface area (Å²) in [6, 6.07) is 2.80. The third-order valence-corrected chi connectivity index (χ3v) is 6.50. The highest BCUT2D eigenvalue weighted by molar-refractivity contribution is 7.89. The molecule has 2 atom stereocenters. The molecule has 0 spiro atoms. The normalized spacial score (nSPS) is 24.2. The molecule has 0 radical (unpaired) electrons. The Kier molecular flexibility index (Phi) is 4.70. The van der Waals surface area contributed by atoms with E-state index < -0.39 is 15.8 Å². The Morgan fingerprint density at radius 1 is 1.33 bits per heavy atom. The van der Waals surface area contributed by atoms with E-state index in [1.807, 2.05) is 0 Å². The van der Waals surface area contributed by atoms with E-state index in [1.165, 1.54) is 23.4 Å². The highest BCUT2D eigenvalue weighted by Gasteiger charge is 2.33. The summed E-state index contributed by atoms with van der Waals surface area (Å²) in [4.78, 5) is 0.0460. The summed E-state index contributed by atoms with van der Waals surface area (Å²) in [5, 5.41) is 0. The van der Waals surface area contributed by atoms with Gasteiger partial charge in [-0.05, 0) is 42.9 Å². The first-order chi connectivity index (χ1) is 9.77. The lowest BCUT2D eigenvalue weighted by Gasteiger charge is -2.34. The molecule has 1 aliphatic heterocycles. The number of sulfonamides is 1. The van der Waals surface area contributed by atoms with Gasteiger partial charge in [0.1, 0.15) is 5.82 Å². The molecule has 1 aromatic rings. The monoisotopic (exact) mass is 314 g/mol. The zero-order valence-corrected chi connectivity index (χ0v) is 13.6. The number of nitrogens with zero attached hydrogens (tertiary/aromatic N) is 1. The summed E-state index contributed by atoms with van der Waals surface area (Å²) in [5.41, 5.74) is 6.19. The van der Waals surface area contributed by atoms with Crippen LogP contribution in [0.2, 0.25) is 0 Å². The van der Waals surface area contributed by atoms with Gasteiger partial charge in [0.15, 0.2) is 0 Å². The topological polar surface area (TPSA) is 63.4 Å². The minimum atomic E-state index is -3.67. The van der Waals surface area contributed by atoms with E-state index in [4.69, 9.17) is 5.73 Å². The van der Waals surface area contributed by atoms with Crippen molar-refractivity contribution in [3.63, 3.8) is 0 Å².